The summed E-state index contributed by atoms with van der Waals surface area (Å²) in [6, 6.07) is 8.57. The van der Waals surface area contributed by atoms with Gasteiger partial charge in [-0.15, -0.1) is 0 Å². The van der Waals surface area contributed by atoms with Crippen molar-refractivity contribution in [1.29, 1.82) is 0 Å². The highest BCUT2D eigenvalue weighted by atomic mass is 79.9. The SMILES string of the molecule is COCCCC1CCN(C(C)c2ccc(Br)cc2)C(=O)N1. The van der Waals surface area contributed by atoms with Gasteiger partial charge in [0.15, 0.2) is 0 Å². The molecule has 2 unspecified atom stereocenters. The molecule has 0 bridgehead atoms. The van der Waals surface area contributed by atoms with Crippen LogP contribution in [-0.4, -0.2) is 37.2 Å². The molecule has 0 spiro atoms. The molecular formula is C16H23BrN2O2. The summed E-state index contributed by atoms with van der Waals surface area (Å²) in [5.41, 5.74) is 1.16. The zero-order valence-electron chi connectivity index (χ0n) is 12.6. The molecule has 0 saturated carbocycles. The largest absolute Gasteiger partial charge is 0.385 e. The van der Waals surface area contributed by atoms with Gasteiger partial charge >= 0.3 is 6.03 Å². The van der Waals surface area contributed by atoms with E-state index in [0.717, 1.165) is 42.5 Å². The number of hydrogen-bond donors (Lipinski definition) is 1. The van der Waals surface area contributed by atoms with Crippen molar-refractivity contribution in [2.75, 3.05) is 20.3 Å². The van der Waals surface area contributed by atoms with Crippen LogP contribution in [0.3, 0.4) is 0 Å². The van der Waals surface area contributed by atoms with Gasteiger partial charge in [-0.1, -0.05) is 28.1 Å². The third-order valence-corrected chi connectivity index (χ3v) is 4.56. The minimum absolute atomic E-state index is 0.0408. The molecular weight excluding hydrogens is 332 g/mol. The Balaban J connectivity index is 1.90. The summed E-state index contributed by atoms with van der Waals surface area (Å²) in [6.45, 7) is 3.64. The van der Waals surface area contributed by atoms with E-state index >= 15 is 0 Å². The highest BCUT2D eigenvalue weighted by Gasteiger charge is 2.28. The van der Waals surface area contributed by atoms with Crippen LogP contribution in [-0.2, 0) is 4.74 Å². The van der Waals surface area contributed by atoms with Crippen molar-refractivity contribution in [1.82, 2.24) is 10.2 Å². The van der Waals surface area contributed by atoms with Crippen molar-refractivity contribution in [3.63, 3.8) is 0 Å². The van der Waals surface area contributed by atoms with E-state index in [1.54, 1.807) is 7.11 Å². The van der Waals surface area contributed by atoms with E-state index < -0.39 is 0 Å². The number of ether oxygens (including phenoxy) is 1. The van der Waals surface area contributed by atoms with Crippen molar-refractivity contribution >= 4 is 22.0 Å². The zero-order valence-corrected chi connectivity index (χ0v) is 14.2. The topological polar surface area (TPSA) is 41.6 Å². The van der Waals surface area contributed by atoms with Gasteiger partial charge in [0, 0.05) is 30.8 Å². The second-order valence-electron chi connectivity index (χ2n) is 5.49. The molecule has 1 aliphatic heterocycles. The molecule has 1 saturated heterocycles. The van der Waals surface area contributed by atoms with Crippen LogP contribution in [0.1, 0.15) is 37.8 Å². The Morgan fingerprint density at radius 2 is 2.14 bits per heavy atom. The van der Waals surface area contributed by atoms with Gasteiger partial charge in [0.2, 0.25) is 0 Å². The fraction of sp³-hybridized carbons (Fsp3) is 0.562. The van der Waals surface area contributed by atoms with Crippen LogP contribution in [0, 0.1) is 0 Å². The van der Waals surface area contributed by atoms with Gasteiger partial charge in [0.25, 0.3) is 0 Å². The van der Waals surface area contributed by atoms with Crippen LogP contribution in [0.15, 0.2) is 28.7 Å². The maximum Gasteiger partial charge on any atom is 0.318 e. The molecule has 21 heavy (non-hydrogen) atoms. The van der Waals surface area contributed by atoms with Gasteiger partial charge in [-0.3, -0.25) is 0 Å². The number of carbonyl (C=O) groups is 1. The number of nitrogens with zero attached hydrogens (tertiary/aromatic N) is 1. The molecule has 0 aliphatic carbocycles. The molecule has 1 fully saturated rings. The molecule has 1 heterocycles. The van der Waals surface area contributed by atoms with E-state index in [2.05, 4.69) is 40.3 Å². The summed E-state index contributed by atoms with van der Waals surface area (Å²) >= 11 is 3.44. The molecule has 1 aromatic carbocycles. The lowest BCUT2D eigenvalue weighted by Gasteiger charge is -2.37. The van der Waals surface area contributed by atoms with Crippen LogP contribution in [0.4, 0.5) is 4.79 Å². The summed E-state index contributed by atoms with van der Waals surface area (Å²) in [7, 11) is 1.71. The number of rotatable bonds is 6. The minimum atomic E-state index is 0.0408. The molecule has 1 aliphatic rings. The first kappa shape index (κ1) is 16.3. The van der Waals surface area contributed by atoms with Crippen LogP contribution in [0.25, 0.3) is 0 Å². The summed E-state index contributed by atoms with van der Waals surface area (Å²) < 4.78 is 6.11. The first-order valence-electron chi connectivity index (χ1n) is 7.43. The Kier molecular flexibility index (Phi) is 6.06. The second kappa shape index (κ2) is 7.80. The smallest absolute Gasteiger partial charge is 0.318 e. The maximum atomic E-state index is 12.3. The number of amides is 2. The van der Waals surface area contributed by atoms with Crippen molar-refractivity contribution in [2.24, 2.45) is 0 Å². The van der Waals surface area contributed by atoms with Gasteiger partial charge in [-0.25, -0.2) is 4.79 Å². The lowest BCUT2D eigenvalue weighted by Crippen LogP contribution is -2.52. The van der Waals surface area contributed by atoms with Crippen molar-refractivity contribution < 1.29 is 9.53 Å². The molecule has 4 nitrogen and oxygen atoms in total. The maximum absolute atomic E-state index is 12.3. The summed E-state index contributed by atoms with van der Waals surface area (Å²) in [5, 5.41) is 3.11. The van der Waals surface area contributed by atoms with E-state index in [9.17, 15) is 4.79 Å². The first-order chi connectivity index (χ1) is 10.1. The number of nitrogens with one attached hydrogen (secondary N) is 1. The second-order valence-corrected chi connectivity index (χ2v) is 6.41. The predicted octanol–water partition coefficient (Wildman–Crippen LogP) is 3.72. The first-order valence-corrected chi connectivity index (χ1v) is 8.22. The lowest BCUT2D eigenvalue weighted by atomic mass is 10.0. The third-order valence-electron chi connectivity index (χ3n) is 4.03. The Hall–Kier alpha value is -1.07. The molecule has 2 amide bonds. The highest BCUT2D eigenvalue weighted by Crippen LogP contribution is 2.25. The fourth-order valence-corrected chi connectivity index (χ4v) is 2.97. The molecule has 0 radical (unpaired) electrons. The normalized spacial score (nSPS) is 20.2. The molecule has 5 heteroatoms. The summed E-state index contributed by atoms with van der Waals surface area (Å²) in [6.07, 6.45) is 2.97. The average molecular weight is 355 g/mol. The van der Waals surface area contributed by atoms with Crippen LogP contribution >= 0.6 is 15.9 Å². The number of carbonyl (C=O) groups excluding carboxylic acids is 1. The van der Waals surface area contributed by atoms with Crippen LogP contribution in [0.5, 0.6) is 0 Å². The molecule has 116 valence electrons. The quantitative estimate of drug-likeness (QED) is 0.791. The number of methoxy groups -OCH3 is 1. The van der Waals surface area contributed by atoms with Gasteiger partial charge in [-0.2, -0.15) is 0 Å². The molecule has 0 aromatic heterocycles. The Morgan fingerprint density at radius 3 is 2.76 bits per heavy atom. The number of benzene rings is 1. The Bertz CT molecular complexity index is 464. The lowest BCUT2D eigenvalue weighted by molar-refractivity contribution is 0.146. The van der Waals surface area contributed by atoms with E-state index in [-0.39, 0.29) is 18.1 Å². The van der Waals surface area contributed by atoms with E-state index in [4.69, 9.17) is 4.74 Å². The molecule has 1 N–H and O–H groups in total. The minimum Gasteiger partial charge on any atom is -0.385 e. The zero-order chi connectivity index (χ0) is 15.2. The monoisotopic (exact) mass is 354 g/mol. The van der Waals surface area contributed by atoms with Crippen LogP contribution < -0.4 is 5.32 Å². The average Bonchev–Trinajstić information content (AvgIpc) is 2.48. The van der Waals surface area contributed by atoms with E-state index in [1.165, 1.54) is 0 Å². The highest BCUT2D eigenvalue weighted by molar-refractivity contribution is 9.10. The van der Waals surface area contributed by atoms with E-state index in [1.807, 2.05) is 17.0 Å². The van der Waals surface area contributed by atoms with Crippen molar-refractivity contribution in [2.45, 2.75) is 38.3 Å². The Morgan fingerprint density at radius 1 is 1.43 bits per heavy atom. The fourth-order valence-electron chi connectivity index (χ4n) is 2.71. The Labute approximate surface area is 135 Å². The van der Waals surface area contributed by atoms with Gasteiger partial charge in [0.1, 0.15) is 0 Å². The molecule has 1 aromatic rings. The molecule has 2 rings (SSSR count). The number of halogens is 1. The van der Waals surface area contributed by atoms with E-state index in [0.29, 0.717) is 0 Å². The summed E-state index contributed by atoms with van der Waals surface area (Å²) in [5.74, 6) is 0. The van der Waals surface area contributed by atoms with Gasteiger partial charge < -0.3 is 15.0 Å². The number of urea groups is 1. The third kappa shape index (κ3) is 4.45. The van der Waals surface area contributed by atoms with Crippen molar-refractivity contribution in [3.05, 3.63) is 34.3 Å². The summed E-state index contributed by atoms with van der Waals surface area (Å²) in [4.78, 5) is 14.2. The van der Waals surface area contributed by atoms with Gasteiger partial charge in [-0.05, 0) is 43.9 Å². The molecule has 2 atom stereocenters. The van der Waals surface area contributed by atoms with Crippen molar-refractivity contribution in [3.8, 4) is 0 Å². The van der Waals surface area contributed by atoms with Crippen LogP contribution in [0.2, 0.25) is 0 Å². The predicted molar refractivity (Wildman–Crippen MR) is 87.3 cm³/mol. The standard InChI is InChI=1S/C16H23BrN2O2/c1-12(13-5-7-14(17)8-6-13)19-10-9-15(18-16(19)20)4-3-11-21-2/h5-8,12,15H,3-4,9-11H2,1-2H3,(H,18,20). The number of hydrogen-bond acceptors (Lipinski definition) is 2. The van der Waals surface area contributed by atoms with Gasteiger partial charge in [0.05, 0.1) is 6.04 Å².